The second kappa shape index (κ2) is 3.93. The molecule has 2 aromatic rings. The van der Waals surface area contributed by atoms with Gasteiger partial charge in [0.05, 0.1) is 0 Å². The fourth-order valence-electron chi connectivity index (χ4n) is 1.43. The molecule has 0 saturated carbocycles. The maximum Gasteiger partial charge on any atom is 0.231 e. The van der Waals surface area contributed by atoms with Crippen LogP contribution in [0.15, 0.2) is 18.2 Å². The number of rotatable bonds is 3. The molecule has 0 bridgehead atoms. The number of aromatic nitrogens is 3. The first kappa shape index (κ1) is 9.34. The van der Waals surface area contributed by atoms with E-state index in [0.29, 0.717) is 18.5 Å². The van der Waals surface area contributed by atoms with Crippen LogP contribution in [0.25, 0.3) is 0 Å². The Morgan fingerprint density at radius 1 is 1.31 bits per heavy atom. The smallest absolute Gasteiger partial charge is 0.231 e. The van der Waals surface area contributed by atoms with E-state index in [1.807, 2.05) is 18.2 Å². The van der Waals surface area contributed by atoms with E-state index in [0.717, 1.165) is 17.1 Å². The summed E-state index contributed by atoms with van der Waals surface area (Å²) in [4.78, 5) is 0. The van der Waals surface area contributed by atoms with Crippen molar-refractivity contribution in [2.24, 2.45) is 0 Å². The lowest BCUT2D eigenvalue weighted by Gasteiger charge is -2.03. The largest absolute Gasteiger partial charge is 0.454 e. The number of benzene rings is 1. The monoisotopic (exact) mass is 236 g/mol. The van der Waals surface area contributed by atoms with Crippen LogP contribution in [0.2, 0.25) is 0 Å². The van der Waals surface area contributed by atoms with Crippen molar-refractivity contribution in [1.29, 1.82) is 0 Å². The first-order chi connectivity index (χ1) is 7.92. The van der Waals surface area contributed by atoms with Gasteiger partial charge < -0.3 is 14.8 Å². The van der Waals surface area contributed by atoms with E-state index in [-0.39, 0.29) is 0 Å². The zero-order valence-electron chi connectivity index (χ0n) is 8.21. The van der Waals surface area contributed by atoms with Crippen LogP contribution in [0.5, 0.6) is 11.5 Å². The van der Waals surface area contributed by atoms with Gasteiger partial charge in [-0.1, -0.05) is 15.7 Å². The molecule has 3 rings (SSSR count). The van der Waals surface area contributed by atoms with Crippen LogP contribution in [-0.2, 0) is 6.54 Å². The van der Waals surface area contributed by atoms with Crippen molar-refractivity contribution in [2.75, 3.05) is 12.1 Å². The number of nitrogens with zero attached hydrogens (tertiary/aromatic N) is 3. The Balaban J connectivity index is 1.71. The minimum absolute atomic E-state index is 0.298. The van der Waals surface area contributed by atoms with E-state index in [2.05, 4.69) is 20.1 Å². The average molecular weight is 236 g/mol. The lowest BCUT2D eigenvalue weighted by molar-refractivity contribution is 0.174. The molecule has 1 aliphatic heterocycles. The summed E-state index contributed by atoms with van der Waals surface area (Å²) in [6.07, 6.45) is 0. The normalized spacial score (nSPS) is 12.8. The van der Waals surface area contributed by atoms with Gasteiger partial charge in [0, 0.05) is 18.1 Å². The zero-order chi connectivity index (χ0) is 10.8. The third kappa shape index (κ3) is 1.76. The second-order valence-electron chi connectivity index (χ2n) is 3.21. The minimum atomic E-state index is 0.298. The molecule has 0 aliphatic carbocycles. The van der Waals surface area contributed by atoms with E-state index in [1.54, 1.807) is 0 Å². The third-order valence-corrected chi connectivity index (χ3v) is 2.73. The number of fused-ring (bicyclic) bond motifs is 1. The Hall–Kier alpha value is -1.89. The fourth-order valence-corrected chi connectivity index (χ4v) is 1.79. The first-order valence-corrected chi connectivity index (χ1v) is 5.46. The van der Waals surface area contributed by atoms with Gasteiger partial charge in [-0.15, -0.1) is 0 Å². The molecule has 7 heteroatoms. The van der Waals surface area contributed by atoms with Crippen LogP contribution in [-0.4, -0.2) is 21.6 Å². The molecule has 1 aromatic carbocycles. The quantitative estimate of drug-likeness (QED) is 0.865. The highest BCUT2D eigenvalue weighted by atomic mass is 32.1. The van der Waals surface area contributed by atoms with Gasteiger partial charge >= 0.3 is 0 Å². The maximum atomic E-state index is 5.29. The average Bonchev–Trinajstić information content (AvgIpc) is 2.97. The van der Waals surface area contributed by atoms with Crippen molar-refractivity contribution in [3.05, 3.63) is 23.8 Å². The highest BCUT2D eigenvalue weighted by molar-refractivity contribution is 7.09. The SMILES string of the molecule is c1cc2c(cc1CNc1nnns1)OCO2. The molecule has 0 saturated heterocycles. The molecule has 0 amide bonds. The molecule has 0 radical (unpaired) electrons. The van der Waals surface area contributed by atoms with E-state index in [4.69, 9.17) is 9.47 Å². The van der Waals surface area contributed by atoms with Crippen LogP contribution in [0.3, 0.4) is 0 Å². The van der Waals surface area contributed by atoms with Crippen molar-refractivity contribution in [2.45, 2.75) is 6.54 Å². The van der Waals surface area contributed by atoms with Gasteiger partial charge in [0.2, 0.25) is 11.9 Å². The number of hydrogen-bond donors (Lipinski definition) is 1. The van der Waals surface area contributed by atoms with E-state index < -0.39 is 0 Å². The van der Waals surface area contributed by atoms with Gasteiger partial charge in [-0.2, -0.15) is 0 Å². The zero-order valence-corrected chi connectivity index (χ0v) is 9.03. The van der Waals surface area contributed by atoms with Gasteiger partial charge in [0.1, 0.15) is 0 Å². The second-order valence-corrected chi connectivity index (χ2v) is 3.94. The molecule has 16 heavy (non-hydrogen) atoms. The number of hydrogen-bond acceptors (Lipinski definition) is 7. The molecule has 0 fully saturated rings. The molecule has 1 aliphatic rings. The highest BCUT2D eigenvalue weighted by Gasteiger charge is 2.12. The number of nitrogens with one attached hydrogen (secondary N) is 1. The molecule has 0 spiro atoms. The Kier molecular flexibility index (Phi) is 2.30. The van der Waals surface area contributed by atoms with E-state index in [1.165, 1.54) is 11.5 Å². The van der Waals surface area contributed by atoms with Crippen molar-refractivity contribution in [1.82, 2.24) is 14.8 Å². The summed E-state index contributed by atoms with van der Waals surface area (Å²) in [5.41, 5.74) is 1.10. The summed E-state index contributed by atoms with van der Waals surface area (Å²) < 4.78 is 14.2. The fraction of sp³-hybridized carbons (Fsp3) is 0.222. The van der Waals surface area contributed by atoms with Gasteiger partial charge in [-0.25, -0.2) is 0 Å². The summed E-state index contributed by atoms with van der Waals surface area (Å²) >= 11 is 1.23. The molecular formula is C9H8N4O2S. The Labute approximate surface area is 95.4 Å². The van der Waals surface area contributed by atoms with Gasteiger partial charge in [0.15, 0.2) is 11.5 Å². The summed E-state index contributed by atoms with van der Waals surface area (Å²) in [7, 11) is 0. The van der Waals surface area contributed by atoms with Gasteiger partial charge in [0.25, 0.3) is 0 Å². The topological polar surface area (TPSA) is 69.2 Å². The van der Waals surface area contributed by atoms with Gasteiger partial charge in [-0.05, 0) is 22.9 Å². The van der Waals surface area contributed by atoms with Crippen LogP contribution in [0.1, 0.15) is 5.56 Å². The third-order valence-electron chi connectivity index (χ3n) is 2.18. The summed E-state index contributed by atoms with van der Waals surface area (Å²) in [6, 6.07) is 5.83. The molecule has 6 nitrogen and oxygen atoms in total. The predicted molar refractivity (Wildman–Crippen MR) is 57.6 cm³/mol. The van der Waals surface area contributed by atoms with E-state index >= 15 is 0 Å². The number of anilines is 1. The lowest BCUT2D eigenvalue weighted by Crippen LogP contribution is -1.98. The molecular weight excluding hydrogens is 228 g/mol. The molecule has 1 aromatic heterocycles. The minimum Gasteiger partial charge on any atom is -0.454 e. The van der Waals surface area contributed by atoms with Crippen LogP contribution >= 0.6 is 11.5 Å². The Morgan fingerprint density at radius 3 is 3.12 bits per heavy atom. The standard InChI is InChI=1S/C9H8N4O2S/c1-2-7-8(15-5-14-7)3-6(1)4-10-9-11-12-13-16-9/h1-3H,4-5H2,(H,10,11,13). The Morgan fingerprint density at radius 2 is 2.25 bits per heavy atom. The van der Waals surface area contributed by atoms with Crippen LogP contribution < -0.4 is 14.8 Å². The summed E-state index contributed by atoms with van der Waals surface area (Å²) in [5.74, 6) is 1.58. The lowest BCUT2D eigenvalue weighted by atomic mass is 10.2. The summed E-state index contributed by atoms with van der Waals surface area (Å²) in [5, 5.41) is 11.1. The van der Waals surface area contributed by atoms with Crippen molar-refractivity contribution >= 4 is 16.7 Å². The highest BCUT2D eigenvalue weighted by Crippen LogP contribution is 2.32. The molecule has 1 N–H and O–H groups in total. The maximum absolute atomic E-state index is 5.29. The molecule has 2 heterocycles. The molecule has 0 unspecified atom stereocenters. The van der Waals surface area contributed by atoms with Crippen LogP contribution in [0, 0.1) is 0 Å². The van der Waals surface area contributed by atoms with Crippen molar-refractivity contribution in [3.63, 3.8) is 0 Å². The van der Waals surface area contributed by atoms with Crippen molar-refractivity contribution < 1.29 is 9.47 Å². The molecule has 0 atom stereocenters. The van der Waals surface area contributed by atoms with Crippen molar-refractivity contribution in [3.8, 4) is 11.5 Å². The number of ether oxygens (including phenoxy) is 2. The first-order valence-electron chi connectivity index (χ1n) is 4.69. The summed E-state index contributed by atoms with van der Waals surface area (Å²) in [6.45, 7) is 0.958. The van der Waals surface area contributed by atoms with Crippen LogP contribution in [0.4, 0.5) is 5.13 Å². The van der Waals surface area contributed by atoms with Gasteiger partial charge in [-0.3, -0.25) is 0 Å². The molecule has 82 valence electrons. The van der Waals surface area contributed by atoms with E-state index in [9.17, 15) is 0 Å². The predicted octanol–water partition coefficient (Wildman–Crippen LogP) is 1.27. The Bertz CT molecular complexity index is 488.